The molecule has 3 rings (SSSR count). The van der Waals surface area contributed by atoms with Crippen molar-refractivity contribution in [3.05, 3.63) is 11.9 Å². The Bertz CT molecular complexity index is 417. The molecule has 1 aromatic rings. The van der Waals surface area contributed by atoms with Crippen LogP contribution < -0.4 is 15.1 Å². The van der Waals surface area contributed by atoms with Gasteiger partial charge >= 0.3 is 0 Å². The fraction of sp³-hybridized carbons (Fsp3) is 0.714. The van der Waals surface area contributed by atoms with Crippen molar-refractivity contribution in [3.8, 4) is 0 Å². The number of piperazine rings is 1. The van der Waals surface area contributed by atoms with Gasteiger partial charge in [0, 0.05) is 45.3 Å². The molecule has 5 nitrogen and oxygen atoms in total. The zero-order chi connectivity index (χ0) is 13.2. The number of rotatable bonds is 3. The summed E-state index contributed by atoms with van der Waals surface area (Å²) in [4.78, 5) is 13.9. The van der Waals surface area contributed by atoms with Gasteiger partial charge < -0.3 is 15.1 Å². The van der Waals surface area contributed by atoms with Crippen LogP contribution in [0.15, 0.2) is 6.07 Å². The smallest absolute Gasteiger partial charge is 0.134 e. The third kappa shape index (κ3) is 2.66. The Morgan fingerprint density at radius 1 is 1.26 bits per heavy atom. The van der Waals surface area contributed by atoms with Gasteiger partial charge in [0.1, 0.15) is 17.5 Å². The summed E-state index contributed by atoms with van der Waals surface area (Å²) >= 11 is 0. The Kier molecular flexibility index (Phi) is 3.55. The van der Waals surface area contributed by atoms with Gasteiger partial charge in [-0.15, -0.1) is 0 Å². The predicted octanol–water partition coefficient (Wildman–Crippen LogP) is 1.18. The van der Waals surface area contributed by atoms with Crippen molar-refractivity contribution in [2.24, 2.45) is 0 Å². The van der Waals surface area contributed by atoms with Crippen molar-refractivity contribution in [1.82, 2.24) is 15.3 Å². The average Bonchev–Trinajstić information content (AvgIpc) is 2.37. The van der Waals surface area contributed by atoms with E-state index < -0.39 is 0 Å². The fourth-order valence-corrected chi connectivity index (χ4v) is 2.73. The number of hydrogen-bond acceptors (Lipinski definition) is 5. The Morgan fingerprint density at radius 2 is 2.00 bits per heavy atom. The first-order chi connectivity index (χ1) is 9.24. The minimum absolute atomic E-state index is 0.671. The normalized spacial score (nSPS) is 20.2. The van der Waals surface area contributed by atoms with E-state index >= 15 is 0 Å². The van der Waals surface area contributed by atoms with E-state index in [1.165, 1.54) is 19.3 Å². The maximum Gasteiger partial charge on any atom is 0.134 e. The number of anilines is 2. The molecule has 1 aliphatic carbocycles. The zero-order valence-electron chi connectivity index (χ0n) is 11.9. The Labute approximate surface area is 115 Å². The third-order valence-electron chi connectivity index (χ3n) is 4.24. The summed E-state index contributed by atoms with van der Waals surface area (Å²) in [6.45, 7) is 6.13. The molecule has 0 spiro atoms. The highest BCUT2D eigenvalue weighted by molar-refractivity contribution is 5.51. The topological polar surface area (TPSA) is 44.3 Å². The Morgan fingerprint density at radius 3 is 2.63 bits per heavy atom. The zero-order valence-corrected chi connectivity index (χ0v) is 11.9. The highest BCUT2D eigenvalue weighted by Gasteiger charge is 2.24. The van der Waals surface area contributed by atoms with E-state index in [4.69, 9.17) is 0 Å². The molecule has 1 aliphatic heterocycles. The Hall–Kier alpha value is -1.36. The van der Waals surface area contributed by atoms with E-state index in [1.54, 1.807) is 0 Å². The summed E-state index contributed by atoms with van der Waals surface area (Å²) in [5.74, 6) is 3.03. The largest absolute Gasteiger partial charge is 0.357 e. The second-order valence-corrected chi connectivity index (χ2v) is 5.56. The molecule has 19 heavy (non-hydrogen) atoms. The lowest BCUT2D eigenvalue weighted by Crippen LogP contribution is -2.44. The number of nitrogens with one attached hydrogen (secondary N) is 1. The van der Waals surface area contributed by atoms with Crippen LogP contribution in [0.4, 0.5) is 11.6 Å². The SMILES string of the molecule is Cc1nc(N2CCNCC2)cc(N(C)C2CCC2)n1. The molecule has 1 saturated carbocycles. The minimum Gasteiger partial charge on any atom is -0.357 e. The summed E-state index contributed by atoms with van der Waals surface area (Å²) in [6, 6.07) is 2.82. The molecule has 2 fully saturated rings. The van der Waals surface area contributed by atoms with E-state index in [2.05, 4.69) is 38.2 Å². The molecule has 0 atom stereocenters. The number of nitrogens with zero attached hydrogens (tertiary/aromatic N) is 4. The van der Waals surface area contributed by atoms with E-state index in [0.717, 1.165) is 43.6 Å². The van der Waals surface area contributed by atoms with Gasteiger partial charge in [0.25, 0.3) is 0 Å². The van der Waals surface area contributed by atoms with Gasteiger partial charge in [-0.25, -0.2) is 9.97 Å². The summed E-state index contributed by atoms with van der Waals surface area (Å²) in [5.41, 5.74) is 0. The second-order valence-electron chi connectivity index (χ2n) is 5.56. The van der Waals surface area contributed by atoms with Gasteiger partial charge in [0.15, 0.2) is 0 Å². The Balaban J connectivity index is 1.82. The van der Waals surface area contributed by atoms with Crippen molar-refractivity contribution in [2.45, 2.75) is 32.2 Å². The molecule has 0 bridgehead atoms. The van der Waals surface area contributed by atoms with Crippen molar-refractivity contribution in [1.29, 1.82) is 0 Å². The van der Waals surface area contributed by atoms with Crippen molar-refractivity contribution >= 4 is 11.6 Å². The first kappa shape index (κ1) is 12.7. The molecule has 5 heteroatoms. The van der Waals surface area contributed by atoms with Gasteiger partial charge in [-0.2, -0.15) is 0 Å². The van der Waals surface area contributed by atoms with Gasteiger partial charge in [0.2, 0.25) is 0 Å². The minimum atomic E-state index is 0.671. The standard InChI is InChI=1S/C14H23N5/c1-11-16-13(18(2)12-4-3-5-12)10-14(17-11)19-8-6-15-7-9-19/h10,12,15H,3-9H2,1-2H3. The van der Waals surface area contributed by atoms with Crippen LogP contribution in [0.3, 0.4) is 0 Å². The molecule has 0 aromatic carbocycles. The lowest BCUT2D eigenvalue weighted by molar-refractivity contribution is 0.399. The van der Waals surface area contributed by atoms with Gasteiger partial charge in [0.05, 0.1) is 0 Å². The maximum absolute atomic E-state index is 4.60. The molecular formula is C14H23N5. The molecule has 2 aliphatic rings. The van der Waals surface area contributed by atoms with Crippen LogP contribution in [0.2, 0.25) is 0 Å². The lowest BCUT2D eigenvalue weighted by atomic mass is 9.92. The van der Waals surface area contributed by atoms with Crippen molar-refractivity contribution in [3.63, 3.8) is 0 Å². The maximum atomic E-state index is 4.60. The predicted molar refractivity (Wildman–Crippen MR) is 77.9 cm³/mol. The first-order valence-corrected chi connectivity index (χ1v) is 7.28. The molecule has 2 heterocycles. The van der Waals surface area contributed by atoms with Crippen molar-refractivity contribution in [2.75, 3.05) is 43.0 Å². The average molecular weight is 261 g/mol. The van der Waals surface area contributed by atoms with Crippen LogP contribution in [0.1, 0.15) is 25.1 Å². The van der Waals surface area contributed by atoms with Gasteiger partial charge in [-0.3, -0.25) is 0 Å². The molecule has 0 radical (unpaired) electrons. The second kappa shape index (κ2) is 5.33. The highest BCUT2D eigenvalue weighted by atomic mass is 15.3. The van der Waals surface area contributed by atoms with Gasteiger partial charge in [-0.05, 0) is 26.2 Å². The van der Waals surface area contributed by atoms with Crippen molar-refractivity contribution < 1.29 is 0 Å². The lowest BCUT2D eigenvalue weighted by Gasteiger charge is -2.36. The van der Waals surface area contributed by atoms with Crippen LogP contribution >= 0.6 is 0 Å². The molecule has 104 valence electrons. The monoisotopic (exact) mass is 261 g/mol. The molecule has 1 saturated heterocycles. The summed E-state index contributed by atoms with van der Waals surface area (Å²) in [6.07, 6.45) is 3.94. The third-order valence-corrected chi connectivity index (χ3v) is 4.24. The number of aryl methyl sites for hydroxylation is 1. The van der Waals surface area contributed by atoms with E-state index in [1.807, 2.05) is 6.92 Å². The van der Waals surface area contributed by atoms with E-state index in [9.17, 15) is 0 Å². The molecule has 1 N–H and O–H groups in total. The van der Waals surface area contributed by atoms with E-state index in [0.29, 0.717) is 6.04 Å². The molecule has 0 amide bonds. The van der Waals surface area contributed by atoms with E-state index in [-0.39, 0.29) is 0 Å². The van der Waals surface area contributed by atoms with Crippen LogP contribution in [-0.2, 0) is 0 Å². The number of aromatic nitrogens is 2. The quantitative estimate of drug-likeness (QED) is 0.885. The van der Waals surface area contributed by atoms with Crippen LogP contribution in [-0.4, -0.2) is 49.2 Å². The molecular weight excluding hydrogens is 238 g/mol. The summed E-state index contributed by atoms with van der Waals surface area (Å²) < 4.78 is 0. The fourth-order valence-electron chi connectivity index (χ4n) is 2.73. The van der Waals surface area contributed by atoms with Crippen LogP contribution in [0.5, 0.6) is 0 Å². The highest BCUT2D eigenvalue weighted by Crippen LogP contribution is 2.28. The molecule has 0 unspecified atom stereocenters. The summed E-state index contributed by atoms with van der Waals surface area (Å²) in [5, 5.41) is 3.38. The number of hydrogen-bond donors (Lipinski definition) is 1. The first-order valence-electron chi connectivity index (χ1n) is 7.28. The molecule has 1 aromatic heterocycles. The van der Waals surface area contributed by atoms with Crippen LogP contribution in [0.25, 0.3) is 0 Å². The van der Waals surface area contributed by atoms with Crippen LogP contribution in [0, 0.1) is 6.92 Å². The van der Waals surface area contributed by atoms with Gasteiger partial charge in [-0.1, -0.05) is 0 Å². The summed E-state index contributed by atoms with van der Waals surface area (Å²) in [7, 11) is 2.16.